The zero-order chi connectivity index (χ0) is 15.1. The fourth-order valence-electron chi connectivity index (χ4n) is 1.92. The van der Waals surface area contributed by atoms with Crippen molar-refractivity contribution in [2.75, 3.05) is 17.2 Å². The molecular formula is C15H20N4OS. The summed E-state index contributed by atoms with van der Waals surface area (Å²) in [6, 6.07) is 7.86. The molecule has 1 heterocycles. The van der Waals surface area contributed by atoms with Gasteiger partial charge in [0.2, 0.25) is 10.1 Å². The van der Waals surface area contributed by atoms with Gasteiger partial charge in [-0.25, -0.2) is 0 Å². The molecule has 2 N–H and O–H groups in total. The predicted octanol–water partition coefficient (Wildman–Crippen LogP) is 3.56. The first-order valence-electron chi connectivity index (χ1n) is 7.21. The van der Waals surface area contributed by atoms with Crippen LogP contribution in [0, 0.1) is 0 Å². The van der Waals surface area contributed by atoms with Gasteiger partial charge >= 0.3 is 0 Å². The first kappa shape index (κ1) is 15.4. The van der Waals surface area contributed by atoms with Crippen molar-refractivity contribution >= 4 is 28.1 Å². The van der Waals surface area contributed by atoms with Crippen LogP contribution in [0.5, 0.6) is 0 Å². The molecule has 0 fully saturated rings. The number of hydrogen-bond donors (Lipinski definition) is 2. The van der Waals surface area contributed by atoms with Crippen LogP contribution in [0.15, 0.2) is 24.3 Å². The van der Waals surface area contributed by atoms with E-state index in [4.69, 9.17) is 0 Å². The maximum absolute atomic E-state index is 12.2. The number of aromatic nitrogens is 2. The van der Waals surface area contributed by atoms with Crippen molar-refractivity contribution < 1.29 is 4.79 Å². The molecule has 0 aliphatic rings. The van der Waals surface area contributed by atoms with E-state index >= 15 is 0 Å². The molecule has 0 aliphatic carbocycles. The summed E-state index contributed by atoms with van der Waals surface area (Å²) in [6.45, 7) is 5.02. The van der Waals surface area contributed by atoms with Crippen molar-refractivity contribution in [3.05, 3.63) is 34.8 Å². The lowest BCUT2D eigenvalue weighted by Gasteiger charge is -2.08. The van der Waals surface area contributed by atoms with E-state index in [0.717, 1.165) is 37.1 Å². The van der Waals surface area contributed by atoms with E-state index < -0.39 is 0 Å². The van der Waals surface area contributed by atoms with Crippen LogP contribution in [0.25, 0.3) is 0 Å². The van der Waals surface area contributed by atoms with E-state index in [9.17, 15) is 4.79 Å². The second kappa shape index (κ2) is 7.73. The summed E-state index contributed by atoms with van der Waals surface area (Å²) in [4.78, 5) is 12.2. The van der Waals surface area contributed by atoms with Gasteiger partial charge in [0.1, 0.15) is 0 Å². The molecule has 6 heteroatoms. The monoisotopic (exact) mass is 304 g/mol. The maximum Gasteiger partial charge on any atom is 0.286 e. The summed E-state index contributed by atoms with van der Waals surface area (Å²) >= 11 is 1.27. The zero-order valence-corrected chi connectivity index (χ0v) is 13.2. The molecule has 0 spiro atoms. The molecule has 21 heavy (non-hydrogen) atoms. The number of amides is 1. The molecule has 0 unspecified atom stereocenters. The van der Waals surface area contributed by atoms with E-state index in [1.165, 1.54) is 11.3 Å². The molecule has 0 aliphatic heterocycles. The van der Waals surface area contributed by atoms with Gasteiger partial charge in [0.15, 0.2) is 0 Å². The van der Waals surface area contributed by atoms with E-state index in [0.29, 0.717) is 10.1 Å². The molecule has 0 saturated heterocycles. The van der Waals surface area contributed by atoms with Gasteiger partial charge in [-0.15, -0.1) is 10.2 Å². The van der Waals surface area contributed by atoms with Crippen LogP contribution in [-0.2, 0) is 6.42 Å². The molecule has 0 atom stereocenters. The van der Waals surface area contributed by atoms with Crippen molar-refractivity contribution in [3.63, 3.8) is 0 Å². The molecule has 0 radical (unpaired) electrons. The fourth-order valence-corrected chi connectivity index (χ4v) is 2.59. The molecule has 2 rings (SSSR count). The minimum Gasteiger partial charge on any atom is -0.360 e. The van der Waals surface area contributed by atoms with Crippen LogP contribution in [0.4, 0.5) is 10.8 Å². The molecule has 1 amide bonds. The summed E-state index contributed by atoms with van der Waals surface area (Å²) < 4.78 is 0. The van der Waals surface area contributed by atoms with Crippen molar-refractivity contribution in [2.45, 2.75) is 33.1 Å². The highest BCUT2D eigenvalue weighted by atomic mass is 32.1. The number of anilines is 2. The normalized spacial score (nSPS) is 10.4. The molecule has 2 aromatic rings. The van der Waals surface area contributed by atoms with Crippen LogP contribution in [-0.4, -0.2) is 22.6 Å². The Morgan fingerprint density at radius 3 is 2.76 bits per heavy atom. The summed E-state index contributed by atoms with van der Waals surface area (Å²) in [5.74, 6) is -0.208. The minimum absolute atomic E-state index is 0.208. The topological polar surface area (TPSA) is 66.9 Å². The third kappa shape index (κ3) is 4.26. The van der Waals surface area contributed by atoms with Crippen LogP contribution in [0.1, 0.15) is 42.1 Å². The van der Waals surface area contributed by atoms with Crippen LogP contribution >= 0.6 is 11.3 Å². The van der Waals surface area contributed by atoms with Crippen LogP contribution < -0.4 is 10.6 Å². The third-order valence-electron chi connectivity index (χ3n) is 2.93. The number of hydrogen-bond acceptors (Lipinski definition) is 5. The number of carbonyl (C=O) groups is 1. The van der Waals surface area contributed by atoms with Gasteiger partial charge in [-0.1, -0.05) is 49.8 Å². The number of aryl methyl sites for hydroxylation is 1. The lowest BCUT2D eigenvalue weighted by molar-refractivity contribution is 0.102. The van der Waals surface area contributed by atoms with Crippen molar-refractivity contribution in [3.8, 4) is 0 Å². The average Bonchev–Trinajstić information content (AvgIpc) is 2.96. The van der Waals surface area contributed by atoms with E-state index in [1.54, 1.807) is 0 Å². The maximum atomic E-state index is 12.2. The number of nitrogens with zero attached hydrogens (tertiary/aromatic N) is 2. The second-order valence-corrected chi connectivity index (χ2v) is 5.68. The highest BCUT2D eigenvalue weighted by Gasteiger charge is 2.14. The van der Waals surface area contributed by atoms with Crippen molar-refractivity contribution in [2.24, 2.45) is 0 Å². The van der Waals surface area contributed by atoms with E-state index in [-0.39, 0.29) is 5.91 Å². The van der Waals surface area contributed by atoms with Gasteiger partial charge in [-0.05, 0) is 24.5 Å². The number of nitrogens with one attached hydrogen (secondary N) is 2. The zero-order valence-electron chi connectivity index (χ0n) is 12.3. The summed E-state index contributed by atoms with van der Waals surface area (Å²) in [5, 5.41) is 15.0. The SMILES string of the molecule is CCCNc1nnc(C(=O)Nc2ccccc2CCC)s1. The van der Waals surface area contributed by atoms with E-state index in [1.807, 2.05) is 24.3 Å². The molecule has 112 valence electrons. The number of para-hydroxylation sites is 1. The number of benzene rings is 1. The smallest absolute Gasteiger partial charge is 0.286 e. The quantitative estimate of drug-likeness (QED) is 0.820. The van der Waals surface area contributed by atoms with Gasteiger partial charge < -0.3 is 10.6 Å². The van der Waals surface area contributed by atoms with Crippen molar-refractivity contribution in [1.82, 2.24) is 10.2 Å². The Kier molecular flexibility index (Phi) is 5.68. The molecular weight excluding hydrogens is 284 g/mol. The standard InChI is InChI=1S/C15H20N4OS/c1-3-7-11-8-5-6-9-12(11)17-13(20)14-18-19-15(21-14)16-10-4-2/h5-6,8-9H,3-4,7,10H2,1-2H3,(H,16,19)(H,17,20). The Balaban J connectivity index is 2.05. The largest absolute Gasteiger partial charge is 0.360 e. The van der Waals surface area contributed by atoms with Gasteiger partial charge in [0.05, 0.1) is 0 Å². The second-order valence-electron chi connectivity index (χ2n) is 4.70. The summed E-state index contributed by atoms with van der Waals surface area (Å²) in [6.07, 6.45) is 2.98. The van der Waals surface area contributed by atoms with Gasteiger partial charge in [0, 0.05) is 12.2 Å². The molecule has 0 bridgehead atoms. The molecule has 0 saturated carbocycles. The summed E-state index contributed by atoms with van der Waals surface area (Å²) in [5.41, 5.74) is 1.99. The Morgan fingerprint density at radius 1 is 1.19 bits per heavy atom. The highest BCUT2D eigenvalue weighted by molar-refractivity contribution is 7.17. The van der Waals surface area contributed by atoms with Gasteiger partial charge in [-0.2, -0.15) is 0 Å². The first-order chi connectivity index (χ1) is 10.2. The Morgan fingerprint density at radius 2 is 2.00 bits per heavy atom. The van der Waals surface area contributed by atoms with Crippen LogP contribution in [0.3, 0.4) is 0 Å². The van der Waals surface area contributed by atoms with E-state index in [2.05, 4.69) is 34.7 Å². The Labute approximate surface area is 128 Å². The Hall–Kier alpha value is -1.95. The molecule has 5 nitrogen and oxygen atoms in total. The lowest BCUT2D eigenvalue weighted by Crippen LogP contribution is -2.13. The predicted molar refractivity (Wildman–Crippen MR) is 87.1 cm³/mol. The molecule has 1 aromatic heterocycles. The van der Waals surface area contributed by atoms with Crippen LogP contribution in [0.2, 0.25) is 0 Å². The highest BCUT2D eigenvalue weighted by Crippen LogP contribution is 2.20. The van der Waals surface area contributed by atoms with Gasteiger partial charge in [0.25, 0.3) is 5.91 Å². The summed E-state index contributed by atoms with van der Waals surface area (Å²) in [7, 11) is 0. The lowest BCUT2D eigenvalue weighted by atomic mass is 10.1. The molecule has 1 aromatic carbocycles. The van der Waals surface area contributed by atoms with Crippen molar-refractivity contribution in [1.29, 1.82) is 0 Å². The fraction of sp³-hybridized carbons (Fsp3) is 0.400. The number of carbonyl (C=O) groups excluding carboxylic acids is 1. The third-order valence-corrected chi connectivity index (χ3v) is 3.81. The first-order valence-corrected chi connectivity index (χ1v) is 8.02. The average molecular weight is 304 g/mol. The number of rotatable bonds is 7. The van der Waals surface area contributed by atoms with Gasteiger partial charge in [-0.3, -0.25) is 4.79 Å². The minimum atomic E-state index is -0.208. The Bertz CT molecular complexity index is 597.